The lowest BCUT2D eigenvalue weighted by Gasteiger charge is -2.33. The summed E-state index contributed by atoms with van der Waals surface area (Å²) >= 11 is 6.09. The van der Waals surface area contributed by atoms with E-state index in [-0.39, 0.29) is 5.91 Å². The molecular formula is C15H23ClN4O. The molecule has 1 aliphatic heterocycles. The van der Waals surface area contributed by atoms with Crippen LogP contribution in [0.25, 0.3) is 0 Å². The topological polar surface area (TPSA) is 48.5 Å². The Morgan fingerprint density at radius 3 is 2.67 bits per heavy atom. The lowest BCUT2D eigenvalue weighted by Crippen LogP contribution is -2.40. The summed E-state index contributed by atoms with van der Waals surface area (Å²) in [5.41, 5.74) is 0.560. The molecule has 116 valence electrons. The van der Waals surface area contributed by atoms with Gasteiger partial charge in [0.25, 0.3) is 5.91 Å². The molecule has 1 fully saturated rings. The fourth-order valence-corrected chi connectivity index (χ4v) is 3.02. The number of nitrogens with zero attached hydrogens (tertiary/aromatic N) is 3. The van der Waals surface area contributed by atoms with Gasteiger partial charge in [-0.1, -0.05) is 11.6 Å². The number of nitrogens with one attached hydrogen (secondary N) is 1. The number of amides is 1. The number of hydrogen-bond acceptors (Lipinski definition) is 4. The van der Waals surface area contributed by atoms with E-state index in [1.54, 1.807) is 19.3 Å². The van der Waals surface area contributed by atoms with Crippen LogP contribution in [0.15, 0.2) is 12.3 Å². The van der Waals surface area contributed by atoms with Crippen molar-refractivity contribution < 1.29 is 4.79 Å². The second-order valence-corrected chi connectivity index (χ2v) is 6.21. The van der Waals surface area contributed by atoms with Crippen LogP contribution in [0.4, 0.5) is 5.82 Å². The van der Waals surface area contributed by atoms with Gasteiger partial charge >= 0.3 is 0 Å². The van der Waals surface area contributed by atoms with E-state index in [0.29, 0.717) is 22.3 Å². The molecule has 0 bridgehead atoms. The maximum atomic E-state index is 12.5. The molecule has 0 radical (unpaired) electrons. The van der Waals surface area contributed by atoms with Crippen LogP contribution in [0.5, 0.6) is 0 Å². The number of halogens is 1. The molecule has 0 saturated carbocycles. The van der Waals surface area contributed by atoms with E-state index >= 15 is 0 Å². The first-order valence-electron chi connectivity index (χ1n) is 7.28. The molecule has 21 heavy (non-hydrogen) atoms. The largest absolute Gasteiger partial charge is 0.372 e. The van der Waals surface area contributed by atoms with Crippen LogP contribution < -0.4 is 5.32 Å². The molecule has 2 heterocycles. The van der Waals surface area contributed by atoms with Gasteiger partial charge in [0.05, 0.1) is 10.6 Å². The molecule has 0 atom stereocenters. The number of likely N-dealkylation sites (tertiary alicyclic amines) is 1. The highest BCUT2D eigenvalue weighted by Gasteiger charge is 2.24. The monoisotopic (exact) mass is 310 g/mol. The van der Waals surface area contributed by atoms with E-state index in [2.05, 4.69) is 29.3 Å². The number of pyridine rings is 1. The molecule has 1 aliphatic rings. The summed E-state index contributed by atoms with van der Waals surface area (Å²) in [4.78, 5) is 20.8. The third kappa shape index (κ3) is 4.08. The lowest BCUT2D eigenvalue weighted by molar-refractivity contribution is 0.0677. The van der Waals surface area contributed by atoms with Crippen molar-refractivity contribution in [3.8, 4) is 0 Å². The Morgan fingerprint density at radius 2 is 2.14 bits per heavy atom. The number of carbonyl (C=O) groups is 1. The number of hydrogen-bond donors (Lipinski definition) is 1. The Balaban J connectivity index is 1.97. The summed E-state index contributed by atoms with van der Waals surface area (Å²) in [5, 5.41) is 3.37. The molecule has 0 aromatic carbocycles. The number of carbonyl (C=O) groups excluding carboxylic acids is 1. The first-order chi connectivity index (χ1) is 10.0. The minimum Gasteiger partial charge on any atom is -0.372 e. The van der Waals surface area contributed by atoms with Gasteiger partial charge in [0.2, 0.25) is 0 Å². The molecule has 0 unspecified atom stereocenters. The summed E-state index contributed by atoms with van der Waals surface area (Å²) in [7, 11) is 5.94. The Kier molecular flexibility index (Phi) is 5.42. The van der Waals surface area contributed by atoms with E-state index in [0.717, 1.165) is 32.5 Å². The molecule has 1 saturated heterocycles. The molecule has 6 heteroatoms. The van der Waals surface area contributed by atoms with Crippen molar-refractivity contribution in [3.05, 3.63) is 22.8 Å². The molecule has 1 amide bonds. The van der Waals surface area contributed by atoms with Gasteiger partial charge in [-0.3, -0.25) is 4.79 Å². The predicted octanol–water partition coefficient (Wildman–Crippen LogP) is 2.19. The quantitative estimate of drug-likeness (QED) is 0.926. The van der Waals surface area contributed by atoms with Crippen molar-refractivity contribution in [2.75, 3.05) is 46.1 Å². The zero-order valence-corrected chi connectivity index (χ0v) is 13.7. The summed E-state index contributed by atoms with van der Waals surface area (Å²) in [6.45, 7) is 2.71. The van der Waals surface area contributed by atoms with Crippen LogP contribution in [-0.4, -0.2) is 61.5 Å². The van der Waals surface area contributed by atoms with Crippen molar-refractivity contribution in [1.29, 1.82) is 0 Å². The molecule has 0 aliphatic carbocycles. The summed E-state index contributed by atoms with van der Waals surface area (Å²) in [6.07, 6.45) is 3.70. The van der Waals surface area contributed by atoms with Crippen LogP contribution in [0.2, 0.25) is 5.02 Å². The molecule has 5 nitrogen and oxygen atoms in total. The summed E-state index contributed by atoms with van der Waals surface area (Å²) in [5.74, 6) is 1.30. The van der Waals surface area contributed by atoms with Gasteiger partial charge in [-0.05, 0) is 38.9 Å². The van der Waals surface area contributed by atoms with E-state index in [9.17, 15) is 4.79 Å². The molecule has 2 rings (SSSR count). The highest BCUT2D eigenvalue weighted by molar-refractivity contribution is 6.33. The van der Waals surface area contributed by atoms with Crippen molar-refractivity contribution in [3.63, 3.8) is 0 Å². The Hall–Kier alpha value is -1.33. The average Bonchev–Trinajstić information content (AvgIpc) is 2.46. The Morgan fingerprint density at radius 1 is 1.48 bits per heavy atom. The molecule has 1 aromatic heterocycles. The van der Waals surface area contributed by atoms with Gasteiger partial charge < -0.3 is 15.1 Å². The van der Waals surface area contributed by atoms with Gasteiger partial charge in [0.15, 0.2) is 0 Å². The van der Waals surface area contributed by atoms with E-state index in [4.69, 9.17) is 11.6 Å². The van der Waals surface area contributed by atoms with Crippen LogP contribution in [-0.2, 0) is 0 Å². The lowest BCUT2D eigenvalue weighted by atomic mass is 9.96. The van der Waals surface area contributed by atoms with E-state index < -0.39 is 0 Å². The smallest absolute Gasteiger partial charge is 0.255 e. The minimum atomic E-state index is 0.0235. The average molecular weight is 311 g/mol. The van der Waals surface area contributed by atoms with Crippen molar-refractivity contribution >= 4 is 23.3 Å². The highest BCUT2D eigenvalue weighted by atomic mass is 35.5. The third-order valence-corrected chi connectivity index (χ3v) is 4.14. The maximum absolute atomic E-state index is 12.5. The number of anilines is 1. The first kappa shape index (κ1) is 16.0. The standard InChI is InChI=1S/C15H23ClN4O/c1-17-14-13(16)8-12(9-18-14)15(21)20-6-4-11(5-7-20)10-19(2)3/h8-9,11H,4-7,10H2,1-3H3,(H,17,18). The van der Waals surface area contributed by atoms with Crippen molar-refractivity contribution in [2.45, 2.75) is 12.8 Å². The SMILES string of the molecule is CNc1ncc(C(=O)N2CCC(CN(C)C)CC2)cc1Cl. The Labute approximate surface area is 131 Å². The van der Waals surface area contributed by atoms with Crippen LogP contribution >= 0.6 is 11.6 Å². The van der Waals surface area contributed by atoms with Crippen molar-refractivity contribution in [1.82, 2.24) is 14.8 Å². The van der Waals surface area contributed by atoms with Crippen LogP contribution in [0, 0.1) is 5.92 Å². The first-order valence-corrected chi connectivity index (χ1v) is 7.66. The van der Waals surface area contributed by atoms with Gasteiger partial charge in [0, 0.05) is 32.9 Å². The second kappa shape index (κ2) is 7.09. The van der Waals surface area contributed by atoms with E-state index in [1.165, 1.54) is 0 Å². The molecular weight excluding hydrogens is 288 g/mol. The van der Waals surface area contributed by atoms with Gasteiger partial charge in [-0.2, -0.15) is 0 Å². The summed E-state index contributed by atoms with van der Waals surface area (Å²) < 4.78 is 0. The molecule has 1 aromatic rings. The third-order valence-electron chi connectivity index (χ3n) is 3.85. The summed E-state index contributed by atoms with van der Waals surface area (Å²) in [6, 6.07) is 1.69. The van der Waals surface area contributed by atoms with Gasteiger partial charge in [0.1, 0.15) is 5.82 Å². The van der Waals surface area contributed by atoms with Gasteiger partial charge in [-0.15, -0.1) is 0 Å². The van der Waals surface area contributed by atoms with E-state index in [1.807, 2.05) is 4.90 Å². The fraction of sp³-hybridized carbons (Fsp3) is 0.600. The predicted molar refractivity (Wildman–Crippen MR) is 86.0 cm³/mol. The second-order valence-electron chi connectivity index (χ2n) is 5.80. The zero-order chi connectivity index (χ0) is 15.4. The number of piperidine rings is 1. The van der Waals surface area contributed by atoms with Crippen molar-refractivity contribution in [2.24, 2.45) is 5.92 Å². The fourth-order valence-electron chi connectivity index (χ4n) is 2.76. The molecule has 0 spiro atoms. The zero-order valence-electron chi connectivity index (χ0n) is 12.9. The molecule has 1 N–H and O–H groups in total. The Bertz CT molecular complexity index is 498. The normalized spacial score (nSPS) is 16.3. The highest BCUT2D eigenvalue weighted by Crippen LogP contribution is 2.23. The van der Waals surface area contributed by atoms with Crippen LogP contribution in [0.1, 0.15) is 23.2 Å². The number of aromatic nitrogens is 1. The maximum Gasteiger partial charge on any atom is 0.255 e. The minimum absolute atomic E-state index is 0.0235. The van der Waals surface area contributed by atoms with Crippen LogP contribution in [0.3, 0.4) is 0 Å². The van der Waals surface area contributed by atoms with Gasteiger partial charge in [-0.25, -0.2) is 4.98 Å². The number of rotatable bonds is 4.